The molecule has 0 atom stereocenters. The van der Waals surface area contributed by atoms with Gasteiger partial charge in [0.05, 0.1) is 21.0 Å². The van der Waals surface area contributed by atoms with E-state index in [4.69, 9.17) is 33.0 Å². The molecule has 0 spiro atoms. The van der Waals surface area contributed by atoms with E-state index in [-0.39, 0.29) is 48.4 Å². The number of carbonyl (C=O) groups is 2. The quantitative estimate of drug-likeness (QED) is 0.0475. The molecule has 1 aliphatic rings. The molecule has 0 aromatic heterocycles. The molecule has 4 aromatic carbocycles. The molecule has 1 aliphatic heterocycles. The smallest absolute Gasteiger partial charge is 0.488 e. The van der Waals surface area contributed by atoms with Gasteiger partial charge < -0.3 is 33.0 Å². The van der Waals surface area contributed by atoms with Crippen LogP contribution in [0.4, 0.5) is 21.0 Å². The van der Waals surface area contributed by atoms with Crippen molar-refractivity contribution in [2.45, 2.75) is 65.6 Å². The van der Waals surface area contributed by atoms with E-state index in [1.807, 2.05) is 52.0 Å². The standard InChI is InChI=1S/C36H35BN2O13/c1-23-18-25(21-47-33(40)49-30-14-10-28(11-15-30)38(42)43)32(26(19-23)22-48-34(41)50-31-16-12-29(13-17-31)39(44)45)46-20-24-6-8-27(9-7-24)37-51-35(2,3)36(4,5)52-37/h6-19H,20-22H2,1-5H3. The number of rotatable bonds is 12. The summed E-state index contributed by atoms with van der Waals surface area (Å²) in [7, 11) is -0.541. The average molecular weight is 714 g/mol. The molecular weight excluding hydrogens is 679 g/mol. The van der Waals surface area contributed by atoms with Crippen LogP contribution in [-0.4, -0.2) is 40.5 Å². The van der Waals surface area contributed by atoms with Crippen LogP contribution in [0.2, 0.25) is 0 Å². The lowest BCUT2D eigenvalue weighted by molar-refractivity contribution is -0.385. The first-order chi connectivity index (χ1) is 24.6. The highest BCUT2D eigenvalue weighted by atomic mass is 16.7. The number of aryl methyl sites for hydroxylation is 1. The van der Waals surface area contributed by atoms with Crippen molar-refractivity contribution in [1.82, 2.24) is 0 Å². The van der Waals surface area contributed by atoms with Gasteiger partial charge in [-0.1, -0.05) is 29.8 Å². The van der Waals surface area contributed by atoms with Crippen LogP contribution < -0.4 is 19.7 Å². The molecule has 1 heterocycles. The molecule has 0 N–H and O–H groups in total. The Labute approximate surface area is 298 Å². The maximum atomic E-state index is 12.6. The topological polar surface area (TPSA) is 185 Å². The SMILES string of the molecule is Cc1cc(COC(=O)Oc2ccc([N+](=O)[O-])cc2)c(OCc2ccc(B3OC(C)(C)C(C)(C)O3)cc2)c(COC(=O)Oc2ccc([N+](=O)[O-])cc2)c1. The summed E-state index contributed by atoms with van der Waals surface area (Å²) >= 11 is 0. The van der Waals surface area contributed by atoms with Gasteiger partial charge in [0.15, 0.2) is 0 Å². The minimum absolute atomic E-state index is 0.0425. The van der Waals surface area contributed by atoms with Crippen molar-refractivity contribution >= 4 is 36.3 Å². The van der Waals surface area contributed by atoms with Crippen LogP contribution in [0.1, 0.15) is 49.9 Å². The minimum Gasteiger partial charge on any atom is -0.488 e. The number of benzene rings is 4. The van der Waals surface area contributed by atoms with Gasteiger partial charge in [0.2, 0.25) is 0 Å². The number of ether oxygens (including phenoxy) is 5. The normalized spacial score (nSPS) is 14.3. The summed E-state index contributed by atoms with van der Waals surface area (Å²) in [4.78, 5) is 45.8. The number of hydrogen-bond acceptors (Lipinski definition) is 13. The number of nitrogens with zero attached hydrogens (tertiary/aromatic N) is 2. The van der Waals surface area contributed by atoms with E-state index in [0.717, 1.165) is 16.6 Å². The van der Waals surface area contributed by atoms with Crippen molar-refractivity contribution in [1.29, 1.82) is 0 Å². The molecule has 1 saturated heterocycles. The predicted octanol–water partition coefficient (Wildman–Crippen LogP) is 7.12. The Morgan fingerprint density at radius 2 is 1.10 bits per heavy atom. The fourth-order valence-corrected chi connectivity index (χ4v) is 5.03. The van der Waals surface area contributed by atoms with Crippen LogP contribution in [0, 0.1) is 27.2 Å². The molecule has 15 nitrogen and oxygen atoms in total. The molecule has 270 valence electrons. The molecule has 5 rings (SSSR count). The number of carbonyl (C=O) groups excluding carboxylic acids is 2. The second kappa shape index (κ2) is 15.5. The van der Waals surface area contributed by atoms with Crippen molar-refractivity contribution in [2.24, 2.45) is 0 Å². The third-order valence-corrected chi connectivity index (χ3v) is 8.46. The molecule has 0 saturated carbocycles. The Bertz CT molecular complexity index is 1830. The van der Waals surface area contributed by atoms with Gasteiger partial charge in [-0.05, 0) is 82.0 Å². The molecule has 0 unspecified atom stereocenters. The summed E-state index contributed by atoms with van der Waals surface area (Å²) in [5.74, 6) is 0.355. The summed E-state index contributed by atoms with van der Waals surface area (Å²) in [6.07, 6.45) is -2.13. The van der Waals surface area contributed by atoms with Gasteiger partial charge in [0.25, 0.3) is 11.4 Å². The van der Waals surface area contributed by atoms with Crippen molar-refractivity contribution in [2.75, 3.05) is 0 Å². The third-order valence-electron chi connectivity index (χ3n) is 8.46. The lowest BCUT2D eigenvalue weighted by Crippen LogP contribution is -2.41. The lowest BCUT2D eigenvalue weighted by atomic mass is 9.79. The van der Waals surface area contributed by atoms with E-state index in [1.54, 1.807) is 19.1 Å². The largest absolute Gasteiger partial charge is 0.514 e. The number of hydrogen-bond donors (Lipinski definition) is 0. The van der Waals surface area contributed by atoms with E-state index >= 15 is 0 Å². The second-order valence-electron chi connectivity index (χ2n) is 12.8. The van der Waals surface area contributed by atoms with Crippen molar-refractivity contribution in [3.05, 3.63) is 127 Å². The molecule has 4 aromatic rings. The maximum Gasteiger partial charge on any atom is 0.514 e. The molecule has 52 heavy (non-hydrogen) atoms. The summed E-state index contributed by atoms with van der Waals surface area (Å²) in [5, 5.41) is 21.9. The van der Waals surface area contributed by atoms with Gasteiger partial charge in [-0.25, -0.2) is 9.59 Å². The van der Waals surface area contributed by atoms with Crippen molar-refractivity contribution in [3.63, 3.8) is 0 Å². The summed E-state index contributed by atoms with van der Waals surface area (Å²) in [6, 6.07) is 20.8. The van der Waals surface area contributed by atoms with E-state index in [0.29, 0.717) is 11.1 Å². The van der Waals surface area contributed by atoms with Crippen LogP contribution in [-0.2, 0) is 38.6 Å². The summed E-state index contributed by atoms with van der Waals surface area (Å²) in [5.41, 5.74) is 1.87. The fourth-order valence-electron chi connectivity index (χ4n) is 5.03. The number of non-ortho nitro benzene ring substituents is 2. The van der Waals surface area contributed by atoms with Crippen LogP contribution in [0.15, 0.2) is 84.9 Å². The van der Waals surface area contributed by atoms with Crippen molar-refractivity contribution in [3.8, 4) is 17.2 Å². The highest BCUT2D eigenvalue weighted by Crippen LogP contribution is 2.36. The first kappa shape index (κ1) is 37.3. The van der Waals surface area contributed by atoms with Gasteiger partial charge in [0, 0.05) is 35.4 Å². The number of nitro groups is 2. The molecule has 0 radical (unpaired) electrons. The molecular formula is C36H35BN2O13. The molecule has 1 fully saturated rings. The van der Waals surface area contributed by atoms with E-state index in [2.05, 4.69) is 0 Å². The van der Waals surface area contributed by atoms with Gasteiger partial charge >= 0.3 is 19.4 Å². The monoisotopic (exact) mass is 714 g/mol. The Balaban J connectivity index is 1.30. The summed E-state index contributed by atoms with van der Waals surface area (Å²) < 4.78 is 39.6. The maximum absolute atomic E-state index is 12.6. The van der Waals surface area contributed by atoms with Crippen LogP contribution in [0.3, 0.4) is 0 Å². The lowest BCUT2D eigenvalue weighted by Gasteiger charge is -2.32. The predicted molar refractivity (Wildman–Crippen MR) is 185 cm³/mol. The Morgan fingerprint density at radius 1 is 0.673 bits per heavy atom. The van der Waals surface area contributed by atoms with Gasteiger partial charge in [-0.15, -0.1) is 0 Å². The zero-order valence-corrected chi connectivity index (χ0v) is 29.0. The van der Waals surface area contributed by atoms with Gasteiger partial charge in [-0.2, -0.15) is 0 Å². The zero-order valence-electron chi connectivity index (χ0n) is 29.0. The van der Waals surface area contributed by atoms with Gasteiger partial charge in [-0.3, -0.25) is 20.2 Å². The minimum atomic E-state index is -1.07. The van der Waals surface area contributed by atoms with E-state index in [1.165, 1.54) is 48.5 Å². The van der Waals surface area contributed by atoms with Crippen LogP contribution >= 0.6 is 0 Å². The zero-order chi connectivity index (χ0) is 37.6. The first-order valence-corrected chi connectivity index (χ1v) is 16.0. The Kier molecular flexibility index (Phi) is 11.1. The summed E-state index contributed by atoms with van der Waals surface area (Å²) in [6.45, 7) is 9.17. The number of nitro benzene ring substituents is 2. The first-order valence-electron chi connectivity index (χ1n) is 16.0. The molecule has 16 heteroatoms. The van der Waals surface area contributed by atoms with E-state index in [9.17, 15) is 29.8 Å². The third kappa shape index (κ3) is 9.21. The Morgan fingerprint density at radius 3 is 1.50 bits per heavy atom. The second-order valence-corrected chi connectivity index (χ2v) is 12.8. The molecule has 0 amide bonds. The molecule has 0 bridgehead atoms. The van der Waals surface area contributed by atoms with Crippen LogP contribution in [0.5, 0.6) is 17.2 Å². The average Bonchev–Trinajstić information content (AvgIpc) is 3.32. The highest BCUT2D eigenvalue weighted by molar-refractivity contribution is 6.62. The highest BCUT2D eigenvalue weighted by Gasteiger charge is 2.51. The Hall–Kier alpha value is -6.00. The van der Waals surface area contributed by atoms with Crippen molar-refractivity contribution < 1.29 is 52.4 Å². The molecule has 0 aliphatic carbocycles. The fraction of sp³-hybridized carbons (Fsp3) is 0.278. The van der Waals surface area contributed by atoms with Crippen LogP contribution in [0.25, 0.3) is 0 Å². The van der Waals surface area contributed by atoms with E-state index < -0.39 is 40.5 Å². The van der Waals surface area contributed by atoms with Gasteiger partial charge in [0.1, 0.15) is 37.1 Å².